The number of carbonyl (C=O) groups excluding carboxylic acids is 1. The number of aromatic nitrogens is 1. The Hall–Kier alpha value is -3.05. The van der Waals surface area contributed by atoms with Gasteiger partial charge in [-0.15, -0.1) is 0 Å². The molecule has 1 aromatic heterocycles. The third kappa shape index (κ3) is 5.26. The smallest absolute Gasteiger partial charge is 0.243 e. The zero-order chi connectivity index (χ0) is 26.9. The number of sulfonamides is 1. The molecule has 7 nitrogen and oxygen atoms in total. The Morgan fingerprint density at radius 2 is 1.79 bits per heavy atom. The van der Waals surface area contributed by atoms with E-state index in [1.807, 2.05) is 30.3 Å². The van der Waals surface area contributed by atoms with Gasteiger partial charge in [0.2, 0.25) is 15.9 Å². The molecule has 4 aromatic rings. The van der Waals surface area contributed by atoms with Crippen molar-refractivity contribution < 1.29 is 22.3 Å². The Morgan fingerprint density at radius 3 is 2.45 bits per heavy atom. The van der Waals surface area contributed by atoms with E-state index >= 15 is 0 Å². The second-order valence-electron chi connectivity index (χ2n) is 8.97. The number of thiazole rings is 1. The molecule has 0 radical (unpaired) electrons. The van der Waals surface area contributed by atoms with Crippen LogP contribution < -0.4 is 9.64 Å². The first-order chi connectivity index (χ1) is 18.3. The zero-order valence-electron chi connectivity index (χ0n) is 20.5. The lowest BCUT2D eigenvalue weighted by Crippen LogP contribution is -2.44. The number of hydrogen-bond acceptors (Lipinski definition) is 6. The molecular formula is C27H25ClFN3O4S2. The van der Waals surface area contributed by atoms with Crippen molar-refractivity contribution in [2.45, 2.75) is 24.3 Å². The maximum atomic E-state index is 13.9. The van der Waals surface area contributed by atoms with E-state index in [0.29, 0.717) is 40.8 Å². The third-order valence-electron chi connectivity index (χ3n) is 6.60. The minimum absolute atomic E-state index is 0.0367. The number of ether oxygens (including phenoxy) is 1. The van der Waals surface area contributed by atoms with Crippen LogP contribution in [0.3, 0.4) is 0 Å². The van der Waals surface area contributed by atoms with Gasteiger partial charge in [-0.1, -0.05) is 53.3 Å². The first kappa shape index (κ1) is 26.6. The fourth-order valence-corrected chi connectivity index (χ4v) is 7.28. The first-order valence-corrected chi connectivity index (χ1v) is 14.7. The molecule has 0 N–H and O–H groups in total. The van der Waals surface area contributed by atoms with Crippen LogP contribution in [0.15, 0.2) is 71.6 Å². The molecule has 11 heteroatoms. The second kappa shape index (κ2) is 11.0. The van der Waals surface area contributed by atoms with Crippen LogP contribution in [-0.2, 0) is 21.4 Å². The summed E-state index contributed by atoms with van der Waals surface area (Å²) in [6.45, 7) is 0.692. The molecule has 2 heterocycles. The number of benzene rings is 3. The molecule has 5 rings (SSSR count). The van der Waals surface area contributed by atoms with Gasteiger partial charge in [0.15, 0.2) is 5.13 Å². The quantitative estimate of drug-likeness (QED) is 0.282. The summed E-state index contributed by atoms with van der Waals surface area (Å²) in [5.74, 6) is -0.441. The van der Waals surface area contributed by atoms with Crippen molar-refractivity contribution in [3.05, 3.63) is 83.1 Å². The van der Waals surface area contributed by atoms with Gasteiger partial charge in [-0.2, -0.15) is 4.31 Å². The van der Waals surface area contributed by atoms with E-state index < -0.39 is 15.8 Å². The summed E-state index contributed by atoms with van der Waals surface area (Å²) >= 11 is 7.76. The van der Waals surface area contributed by atoms with Crippen LogP contribution in [0.4, 0.5) is 9.52 Å². The number of anilines is 1. The van der Waals surface area contributed by atoms with Gasteiger partial charge in [-0.25, -0.2) is 17.8 Å². The first-order valence-electron chi connectivity index (χ1n) is 12.0. The molecule has 1 aliphatic heterocycles. The van der Waals surface area contributed by atoms with E-state index in [2.05, 4.69) is 0 Å². The van der Waals surface area contributed by atoms with Crippen LogP contribution in [0.1, 0.15) is 18.4 Å². The van der Waals surface area contributed by atoms with Crippen LogP contribution in [0.25, 0.3) is 10.2 Å². The number of halogens is 2. The van der Waals surface area contributed by atoms with E-state index in [9.17, 15) is 17.6 Å². The van der Waals surface area contributed by atoms with Crippen molar-refractivity contribution in [2.24, 2.45) is 5.92 Å². The Kier molecular flexibility index (Phi) is 7.67. The van der Waals surface area contributed by atoms with Crippen molar-refractivity contribution in [2.75, 3.05) is 25.1 Å². The van der Waals surface area contributed by atoms with Gasteiger partial charge in [0.05, 0.1) is 28.3 Å². The van der Waals surface area contributed by atoms with Crippen LogP contribution in [0.2, 0.25) is 5.02 Å². The maximum absolute atomic E-state index is 13.9. The zero-order valence-corrected chi connectivity index (χ0v) is 22.9. The van der Waals surface area contributed by atoms with Gasteiger partial charge in [0.25, 0.3) is 0 Å². The molecule has 0 saturated carbocycles. The number of carbonyl (C=O) groups is 1. The normalized spacial score (nSPS) is 15.0. The largest absolute Gasteiger partial charge is 0.494 e. The highest BCUT2D eigenvalue weighted by atomic mass is 35.5. The number of piperidine rings is 1. The number of methoxy groups -OCH3 is 1. The summed E-state index contributed by atoms with van der Waals surface area (Å²) < 4.78 is 46.9. The molecule has 1 amide bonds. The fourth-order valence-electron chi connectivity index (χ4n) is 4.55. The van der Waals surface area contributed by atoms with Crippen LogP contribution in [0.5, 0.6) is 5.75 Å². The monoisotopic (exact) mass is 573 g/mol. The van der Waals surface area contributed by atoms with Crippen molar-refractivity contribution >= 4 is 54.2 Å². The summed E-state index contributed by atoms with van der Waals surface area (Å²) in [7, 11) is -2.22. The maximum Gasteiger partial charge on any atom is 0.243 e. The second-order valence-corrected chi connectivity index (χ2v) is 12.3. The van der Waals surface area contributed by atoms with Crippen molar-refractivity contribution in [3.8, 4) is 5.75 Å². The molecule has 38 heavy (non-hydrogen) atoms. The number of nitrogens with zero attached hydrogens (tertiary/aromatic N) is 3. The average Bonchev–Trinajstić information content (AvgIpc) is 3.39. The lowest BCUT2D eigenvalue weighted by atomic mass is 9.96. The molecular weight excluding hydrogens is 549 g/mol. The van der Waals surface area contributed by atoms with Gasteiger partial charge < -0.3 is 4.74 Å². The highest BCUT2D eigenvalue weighted by Gasteiger charge is 2.35. The SMILES string of the molecule is COc1ccc(Cl)c2sc(N(Cc3ccccc3)C(=O)C3CCN(S(=O)(=O)c4ccc(F)cc4)CC3)nc12. The summed E-state index contributed by atoms with van der Waals surface area (Å²) in [5, 5.41) is 1.03. The lowest BCUT2D eigenvalue weighted by molar-refractivity contribution is -0.123. The average molecular weight is 574 g/mol. The van der Waals surface area contributed by atoms with E-state index in [0.717, 1.165) is 22.4 Å². The molecule has 0 spiro atoms. The van der Waals surface area contributed by atoms with Gasteiger partial charge >= 0.3 is 0 Å². The van der Waals surface area contributed by atoms with Gasteiger partial charge in [0.1, 0.15) is 17.1 Å². The lowest BCUT2D eigenvalue weighted by Gasteiger charge is -2.33. The number of hydrogen-bond donors (Lipinski definition) is 0. The van der Waals surface area contributed by atoms with Gasteiger partial charge in [-0.05, 0) is 54.8 Å². The predicted molar refractivity (Wildman–Crippen MR) is 147 cm³/mol. The standard InChI is InChI=1S/C27H25ClFN3O4S2/c1-36-23-12-11-22(28)25-24(23)30-27(37-25)32(17-18-5-3-2-4-6-18)26(33)19-13-15-31(16-14-19)38(34,35)21-9-7-20(29)8-10-21/h2-12,19H,13-17H2,1H3. The number of amides is 1. The summed E-state index contributed by atoms with van der Waals surface area (Å²) in [6.07, 6.45) is 0.721. The van der Waals surface area contributed by atoms with E-state index in [1.165, 1.54) is 27.8 Å². The predicted octanol–water partition coefficient (Wildman–Crippen LogP) is 5.73. The van der Waals surface area contributed by atoms with Crippen LogP contribution >= 0.6 is 22.9 Å². The van der Waals surface area contributed by atoms with E-state index in [-0.39, 0.29) is 29.8 Å². The third-order valence-corrected chi connectivity index (χ3v) is 10.1. The number of rotatable bonds is 7. The summed E-state index contributed by atoms with van der Waals surface area (Å²) in [6, 6.07) is 17.9. The van der Waals surface area contributed by atoms with E-state index in [4.69, 9.17) is 21.3 Å². The Bertz CT molecular complexity index is 1550. The Morgan fingerprint density at radius 1 is 1.11 bits per heavy atom. The van der Waals surface area contributed by atoms with E-state index in [1.54, 1.807) is 24.1 Å². The van der Waals surface area contributed by atoms with Crippen LogP contribution in [0, 0.1) is 11.7 Å². The fraction of sp³-hybridized carbons (Fsp3) is 0.259. The van der Waals surface area contributed by atoms with Crippen molar-refractivity contribution in [3.63, 3.8) is 0 Å². The Labute approximate surface area is 229 Å². The topological polar surface area (TPSA) is 79.8 Å². The molecule has 1 aliphatic rings. The molecule has 198 valence electrons. The van der Waals surface area contributed by atoms with Crippen molar-refractivity contribution in [1.82, 2.24) is 9.29 Å². The minimum atomic E-state index is -3.78. The molecule has 1 saturated heterocycles. The molecule has 0 atom stereocenters. The number of fused-ring (bicyclic) bond motifs is 1. The molecule has 1 fully saturated rings. The minimum Gasteiger partial charge on any atom is -0.494 e. The molecule has 3 aromatic carbocycles. The molecule has 0 unspecified atom stereocenters. The highest BCUT2D eigenvalue weighted by molar-refractivity contribution is 7.89. The summed E-state index contributed by atoms with van der Waals surface area (Å²) in [5.41, 5.74) is 1.53. The highest BCUT2D eigenvalue weighted by Crippen LogP contribution is 2.40. The van der Waals surface area contributed by atoms with Crippen LogP contribution in [-0.4, -0.2) is 43.8 Å². The van der Waals surface area contributed by atoms with Gasteiger partial charge in [-0.3, -0.25) is 9.69 Å². The Balaban J connectivity index is 1.40. The van der Waals surface area contributed by atoms with Gasteiger partial charge in [0, 0.05) is 19.0 Å². The summed E-state index contributed by atoms with van der Waals surface area (Å²) in [4.78, 5) is 20.3. The molecule has 0 aliphatic carbocycles. The molecule has 0 bridgehead atoms. The van der Waals surface area contributed by atoms with Crippen molar-refractivity contribution in [1.29, 1.82) is 0 Å².